The molecule has 0 spiro atoms. The van der Waals surface area contributed by atoms with Gasteiger partial charge in [-0.2, -0.15) is 5.10 Å². The fourth-order valence-electron chi connectivity index (χ4n) is 1.98. The van der Waals surface area contributed by atoms with Crippen LogP contribution in [0.3, 0.4) is 0 Å². The van der Waals surface area contributed by atoms with E-state index in [0.717, 1.165) is 0 Å². The molecule has 19 heavy (non-hydrogen) atoms. The van der Waals surface area contributed by atoms with E-state index in [1.54, 1.807) is 27.0 Å². The van der Waals surface area contributed by atoms with Gasteiger partial charge in [0.05, 0.1) is 12.1 Å². The van der Waals surface area contributed by atoms with Gasteiger partial charge in [-0.1, -0.05) is 0 Å². The maximum atomic E-state index is 12.1. The number of aliphatic carboxylic acids is 1. The number of carboxylic acids is 1. The third-order valence-electron chi connectivity index (χ3n) is 2.80. The highest BCUT2D eigenvalue weighted by molar-refractivity contribution is 5.89. The number of amides is 1. The van der Waals surface area contributed by atoms with Crippen molar-refractivity contribution in [3.05, 3.63) is 11.8 Å². The Morgan fingerprint density at radius 3 is 2.79 bits per heavy atom. The van der Waals surface area contributed by atoms with Crippen LogP contribution in [0.2, 0.25) is 0 Å². The van der Waals surface area contributed by atoms with Crippen molar-refractivity contribution in [2.45, 2.75) is 32.8 Å². The van der Waals surface area contributed by atoms with Gasteiger partial charge in [0.15, 0.2) is 0 Å². The smallest absolute Gasteiger partial charge is 0.416 e. The predicted octanol–water partition coefficient (Wildman–Crippen LogP) is 1.41. The van der Waals surface area contributed by atoms with Crippen molar-refractivity contribution in [1.29, 1.82) is 0 Å². The molecular weight excluding hydrogens is 250 g/mol. The minimum atomic E-state index is -0.930. The number of ether oxygens (including phenoxy) is 1. The van der Waals surface area contributed by atoms with E-state index in [1.807, 2.05) is 0 Å². The lowest BCUT2D eigenvalue weighted by atomic mass is 9.96. The molecule has 0 bridgehead atoms. The summed E-state index contributed by atoms with van der Waals surface area (Å²) in [5, 5.41) is 15.7. The maximum Gasteiger partial charge on any atom is 0.416 e. The summed E-state index contributed by atoms with van der Waals surface area (Å²) in [5.41, 5.74) is 0.0810. The second-order valence-electron chi connectivity index (χ2n) is 5.57. The Morgan fingerprint density at radius 1 is 1.53 bits per heavy atom. The highest BCUT2D eigenvalue weighted by Crippen LogP contribution is 2.28. The molecule has 7 heteroatoms. The van der Waals surface area contributed by atoms with E-state index in [1.165, 1.54) is 4.90 Å². The number of carbonyl (C=O) groups excluding carboxylic acids is 1. The molecule has 0 fully saturated rings. The molecule has 1 aromatic heterocycles. The lowest BCUT2D eigenvalue weighted by Gasteiger charge is -2.31. The standard InChI is InChI=1S/C12H17N3O4/c1-12(2,3)19-11(18)15-6-8(10(16)17)4-7-5-13-14-9(7)15/h5,8H,4,6H2,1-3H3,(H,13,14)(H,16,17). The van der Waals surface area contributed by atoms with E-state index in [9.17, 15) is 9.59 Å². The van der Waals surface area contributed by atoms with Crippen LogP contribution < -0.4 is 4.90 Å². The lowest BCUT2D eigenvalue weighted by molar-refractivity contribution is -0.141. The van der Waals surface area contributed by atoms with Crippen LogP contribution in [0.15, 0.2) is 6.20 Å². The zero-order valence-corrected chi connectivity index (χ0v) is 11.1. The Morgan fingerprint density at radius 2 is 2.21 bits per heavy atom. The zero-order valence-electron chi connectivity index (χ0n) is 11.1. The molecule has 2 heterocycles. The second kappa shape index (κ2) is 4.56. The van der Waals surface area contributed by atoms with E-state index in [0.29, 0.717) is 17.8 Å². The van der Waals surface area contributed by atoms with Crippen LogP contribution in [-0.4, -0.2) is 39.5 Å². The number of aromatic amines is 1. The Kier molecular flexibility index (Phi) is 3.21. The Balaban J connectivity index is 2.25. The van der Waals surface area contributed by atoms with Gasteiger partial charge in [0, 0.05) is 12.1 Å². The van der Waals surface area contributed by atoms with Gasteiger partial charge in [-0.15, -0.1) is 0 Å². The lowest BCUT2D eigenvalue weighted by Crippen LogP contribution is -2.45. The molecule has 0 saturated carbocycles. The zero-order chi connectivity index (χ0) is 14.2. The summed E-state index contributed by atoms with van der Waals surface area (Å²) < 4.78 is 5.28. The number of nitrogens with zero attached hydrogens (tertiary/aromatic N) is 2. The largest absolute Gasteiger partial charge is 0.481 e. The molecule has 2 rings (SSSR count). The van der Waals surface area contributed by atoms with Crippen LogP contribution in [0.4, 0.5) is 10.6 Å². The molecule has 0 radical (unpaired) electrons. The van der Waals surface area contributed by atoms with E-state index in [-0.39, 0.29) is 6.54 Å². The number of rotatable bonds is 1. The highest BCUT2D eigenvalue weighted by Gasteiger charge is 2.35. The first kappa shape index (κ1) is 13.4. The SMILES string of the molecule is CC(C)(C)OC(=O)N1CC(C(=O)O)Cc2cn[nH]c21. The van der Waals surface area contributed by atoms with Crippen LogP contribution >= 0.6 is 0 Å². The molecule has 1 aromatic rings. The van der Waals surface area contributed by atoms with Crippen molar-refractivity contribution in [3.63, 3.8) is 0 Å². The molecular formula is C12H17N3O4. The number of hydrogen-bond acceptors (Lipinski definition) is 4. The van der Waals surface area contributed by atoms with E-state index in [2.05, 4.69) is 10.2 Å². The third kappa shape index (κ3) is 2.86. The van der Waals surface area contributed by atoms with E-state index in [4.69, 9.17) is 9.84 Å². The summed E-state index contributed by atoms with van der Waals surface area (Å²) in [6.45, 7) is 5.37. The summed E-state index contributed by atoms with van der Waals surface area (Å²) >= 11 is 0. The number of fused-ring (bicyclic) bond motifs is 1. The highest BCUT2D eigenvalue weighted by atomic mass is 16.6. The van der Waals surface area contributed by atoms with Gasteiger partial charge in [-0.3, -0.25) is 14.8 Å². The Bertz CT molecular complexity index is 503. The van der Waals surface area contributed by atoms with Gasteiger partial charge in [0.25, 0.3) is 0 Å². The van der Waals surface area contributed by atoms with Gasteiger partial charge in [0.1, 0.15) is 11.4 Å². The summed E-state index contributed by atoms with van der Waals surface area (Å²) in [4.78, 5) is 24.5. The van der Waals surface area contributed by atoms with Crippen molar-refractivity contribution in [2.24, 2.45) is 5.92 Å². The number of aromatic nitrogens is 2. The minimum absolute atomic E-state index is 0.0828. The van der Waals surface area contributed by atoms with Crippen molar-refractivity contribution in [3.8, 4) is 0 Å². The number of anilines is 1. The molecule has 2 N–H and O–H groups in total. The molecule has 1 aliphatic heterocycles. The van der Waals surface area contributed by atoms with Crippen molar-refractivity contribution in [2.75, 3.05) is 11.4 Å². The van der Waals surface area contributed by atoms with E-state index < -0.39 is 23.6 Å². The van der Waals surface area contributed by atoms with Gasteiger partial charge in [-0.25, -0.2) is 4.79 Å². The summed E-state index contributed by atoms with van der Waals surface area (Å²) in [5.74, 6) is -1.05. The number of H-pyrrole nitrogens is 1. The fraction of sp³-hybridized carbons (Fsp3) is 0.583. The van der Waals surface area contributed by atoms with Crippen LogP contribution in [0.1, 0.15) is 26.3 Å². The molecule has 0 aromatic carbocycles. The van der Waals surface area contributed by atoms with Crippen molar-refractivity contribution in [1.82, 2.24) is 10.2 Å². The Labute approximate surface area is 110 Å². The van der Waals surface area contributed by atoms with Gasteiger partial charge < -0.3 is 9.84 Å². The summed E-state index contributed by atoms with van der Waals surface area (Å²) in [7, 11) is 0. The van der Waals surface area contributed by atoms with Crippen molar-refractivity contribution >= 4 is 17.9 Å². The monoisotopic (exact) mass is 267 g/mol. The fourth-order valence-corrected chi connectivity index (χ4v) is 1.98. The quantitative estimate of drug-likeness (QED) is 0.802. The summed E-state index contributed by atoms with van der Waals surface area (Å²) in [6.07, 6.45) is 1.34. The van der Waals surface area contributed by atoms with Crippen LogP contribution in [-0.2, 0) is 16.0 Å². The molecule has 1 amide bonds. The van der Waals surface area contributed by atoms with Gasteiger partial charge >= 0.3 is 12.1 Å². The molecule has 1 atom stereocenters. The molecule has 1 unspecified atom stereocenters. The number of nitrogens with one attached hydrogen (secondary N) is 1. The van der Waals surface area contributed by atoms with Gasteiger partial charge in [-0.05, 0) is 27.2 Å². The third-order valence-corrected chi connectivity index (χ3v) is 2.80. The first-order valence-electron chi connectivity index (χ1n) is 6.03. The normalized spacial score (nSPS) is 18.9. The topological polar surface area (TPSA) is 95.5 Å². The van der Waals surface area contributed by atoms with Crippen LogP contribution in [0.25, 0.3) is 0 Å². The van der Waals surface area contributed by atoms with Crippen LogP contribution in [0, 0.1) is 5.92 Å². The first-order valence-corrected chi connectivity index (χ1v) is 6.03. The second-order valence-corrected chi connectivity index (χ2v) is 5.57. The molecule has 0 aliphatic carbocycles. The molecule has 1 aliphatic rings. The van der Waals surface area contributed by atoms with E-state index >= 15 is 0 Å². The minimum Gasteiger partial charge on any atom is -0.481 e. The van der Waals surface area contributed by atoms with Crippen molar-refractivity contribution < 1.29 is 19.4 Å². The predicted molar refractivity (Wildman–Crippen MR) is 67.0 cm³/mol. The molecule has 7 nitrogen and oxygen atoms in total. The average molecular weight is 267 g/mol. The number of carbonyl (C=O) groups is 2. The number of hydrogen-bond donors (Lipinski definition) is 2. The molecule has 0 saturated heterocycles. The van der Waals surface area contributed by atoms with Gasteiger partial charge in [0.2, 0.25) is 0 Å². The van der Waals surface area contributed by atoms with Crippen LogP contribution in [0.5, 0.6) is 0 Å². The maximum absolute atomic E-state index is 12.1. The average Bonchev–Trinajstić information content (AvgIpc) is 2.72. The number of carboxylic acid groups (broad SMARTS) is 1. The Hall–Kier alpha value is -2.05. The summed E-state index contributed by atoms with van der Waals surface area (Å²) in [6, 6.07) is 0. The molecule has 104 valence electrons. The first-order chi connectivity index (χ1) is 8.78.